The van der Waals surface area contributed by atoms with Crippen LogP contribution in [0.5, 0.6) is 0 Å². The van der Waals surface area contributed by atoms with E-state index >= 15 is 0 Å². The second-order valence-electron chi connectivity index (χ2n) is 19.7. The summed E-state index contributed by atoms with van der Waals surface area (Å²) in [5.74, 6) is 0. The van der Waals surface area contributed by atoms with Gasteiger partial charge >= 0.3 is 0 Å². The van der Waals surface area contributed by atoms with Crippen molar-refractivity contribution in [2.45, 2.75) is 57.8 Å². The van der Waals surface area contributed by atoms with Gasteiger partial charge < -0.3 is 4.90 Å². The molecule has 0 aliphatic heterocycles. The lowest BCUT2D eigenvalue weighted by Crippen LogP contribution is -2.16. The highest BCUT2D eigenvalue weighted by Crippen LogP contribution is 2.55. The maximum atomic E-state index is 2.46. The average Bonchev–Trinajstić information content (AvgIpc) is 3.82. The molecule has 3 aliphatic carbocycles. The molecule has 0 heterocycles. The van der Waals surface area contributed by atoms with Crippen molar-refractivity contribution in [1.82, 2.24) is 0 Å². The molecule has 0 radical (unpaired) electrons. The molecule has 9 aromatic rings. The molecule has 1 heteroatoms. The van der Waals surface area contributed by atoms with Crippen molar-refractivity contribution in [2.24, 2.45) is 0 Å². The van der Waals surface area contributed by atoms with E-state index in [9.17, 15) is 0 Å². The van der Waals surface area contributed by atoms with Gasteiger partial charge in [-0.25, -0.2) is 0 Å². The lowest BCUT2D eigenvalue weighted by molar-refractivity contribution is 0.660. The van der Waals surface area contributed by atoms with Crippen LogP contribution >= 0.6 is 0 Å². The molecule has 0 amide bonds. The lowest BCUT2D eigenvalue weighted by Gasteiger charge is -2.28. The van der Waals surface area contributed by atoms with Gasteiger partial charge in [0.2, 0.25) is 0 Å². The number of benzene rings is 9. The van der Waals surface area contributed by atoms with Gasteiger partial charge in [0, 0.05) is 33.3 Å². The van der Waals surface area contributed by atoms with Crippen molar-refractivity contribution in [3.63, 3.8) is 0 Å². The molecule has 9 aromatic carbocycles. The van der Waals surface area contributed by atoms with Crippen LogP contribution in [0, 0.1) is 0 Å². The van der Waals surface area contributed by atoms with E-state index in [4.69, 9.17) is 0 Å². The first kappa shape index (κ1) is 38.5. The van der Waals surface area contributed by atoms with Gasteiger partial charge in [-0.1, -0.05) is 205 Å². The average molecular weight is 822 g/mol. The molecule has 0 unspecified atom stereocenters. The van der Waals surface area contributed by atoms with E-state index in [2.05, 4.69) is 247 Å². The second-order valence-corrected chi connectivity index (χ2v) is 19.7. The fourth-order valence-corrected chi connectivity index (χ4v) is 12.0. The lowest BCUT2D eigenvalue weighted by atomic mass is 9.79. The molecule has 12 rings (SSSR count). The van der Waals surface area contributed by atoms with Gasteiger partial charge in [0.15, 0.2) is 0 Å². The first-order valence-corrected chi connectivity index (χ1v) is 22.8. The van der Waals surface area contributed by atoms with Crippen LogP contribution in [-0.4, -0.2) is 0 Å². The molecule has 0 spiro atoms. The number of hydrogen-bond donors (Lipinski definition) is 0. The summed E-state index contributed by atoms with van der Waals surface area (Å²) >= 11 is 0. The van der Waals surface area contributed by atoms with Gasteiger partial charge in [-0.05, 0) is 137 Å². The van der Waals surface area contributed by atoms with Crippen molar-refractivity contribution in [2.75, 3.05) is 4.90 Å². The van der Waals surface area contributed by atoms with Crippen LogP contribution in [0.3, 0.4) is 0 Å². The normalized spacial score (nSPS) is 15.1. The molecule has 308 valence electrons. The quantitative estimate of drug-likeness (QED) is 0.161. The van der Waals surface area contributed by atoms with Crippen molar-refractivity contribution in [1.29, 1.82) is 0 Å². The summed E-state index contributed by atoms with van der Waals surface area (Å²) in [6.07, 6.45) is 0. The maximum Gasteiger partial charge on any atom is 0.0467 e. The number of hydrogen-bond acceptors (Lipinski definition) is 1. The van der Waals surface area contributed by atoms with Crippen LogP contribution in [0.1, 0.15) is 74.9 Å². The predicted molar refractivity (Wildman–Crippen MR) is 270 cm³/mol. The zero-order chi connectivity index (χ0) is 43.5. The van der Waals surface area contributed by atoms with E-state index in [1.807, 2.05) is 0 Å². The van der Waals surface area contributed by atoms with E-state index < -0.39 is 0 Å². The Morgan fingerprint density at radius 3 is 1.19 bits per heavy atom. The number of rotatable bonds is 6. The fourth-order valence-electron chi connectivity index (χ4n) is 12.0. The van der Waals surface area contributed by atoms with Crippen LogP contribution in [-0.2, 0) is 16.2 Å². The minimum Gasteiger partial charge on any atom is -0.310 e. The van der Waals surface area contributed by atoms with Gasteiger partial charge in [0.25, 0.3) is 0 Å². The molecule has 0 N–H and O–H groups in total. The Bertz CT molecular complexity index is 3210. The summed E-state index contributed by atoms with van der Waals surface area (Å²) in [6.45, 7) is 14.2. The smallest absolute Gasteiger partial charge is 0.0467 e. The Balaban J connectivity index is 1.01. The first-order valence-electron chi connectivity index (χ1n) is 22.8. The van der Waals surface area contributed by atoms with Crippen LogP contribution < -0.4 is 4.90 Å². The molecular weight excluding hydrogens is 771 g/mol. The van der Waals surface area contributed by atoms with Gasteiger partial charge in [-0.15, -0.1) is 0 Å². The Kier molecular flexibility index (Phi) is 8.35. The van der Waals surface area contributed by atoms with E-state index in [-0.39, 0.29) is 16.2 Å². The topological polar surface area (TPSA) is 3.24 Å². The van der Waals surface area contributed by atoms with Gasteiger partial charge in [-0.3, -0.25) is 0 Å². The summed E-state index contributed by atoms with van der Waals surface area (Å²) < 4.78 is 0. The van der Waals surface area contributed by atoms with Crippen molar-refractivity contribution >= 4 is 17.1 Å². The number of fused-ring (bicyclic) bond motifs is 9. The van der Waals surface area contributed by atoms with Crippen molar-refractivity contribution < 1.29 is 0 Å². The number of anilines is 3. The highest BCUT2D eigenvalue weighted by Gasteiger charge is 2.39. The standard InChI is InChI=1S/C63H51N/c1-61(2)56-32-12-9-24-53(56)58-46(25-17-33-57(58)61)40-34-36-43(37-35-40)64(44-20-13-18-41(38-44)47-26-15-28-51-49-22-7-10-30-54(49)62(3,4)59(47)51)45-21-14-19-42(39-45)48-27-16-29-52-50-23-8-11-31-55(50)63(5,6)60(48)52/h7-39H,1-6H3. The molecule has 0 fully saturated rings. The molecular formula is C63H51N. The van der Waals surface area contributed by atoms with Crippen molar-refractivity contribution in [3.8, 4) is 66.8 Å². The van der Waals surface area contributed by atoms with Crippen LogP contribution in [0.2, 0.25) is 0 Å². The highest BCUT2D eigenvalue weighted by molar-refractivity contribution is 5.95. The molecule has 0 saturated carbocycles. The van der Waals surface area contributed by atoms with E-state index in [1.54, 1.807) is 0 Å². The minimum absolute atomic E-state index is 0.0531. The second kappa shape index (κ2) is 13.9. The van der Waals surface area contributed by atoms with Gasteiger partial charge in [-0.2, -0.15) is 0 Å². The monoisotopic (exact) mass is 821 g/mol. The summed E-state index contributed by atoms with van der Waals surface area (Å²) in [7, 11) is 0. The van der Waals surface area contributed by atoms with E-state index in [0.717, 1.165) is 17.1 Å². The first-order chi connectivity index (χ1) is 31.0. The maximum absolute atomic E-state index is 2.46. The summed E-state index contributed by atoms with van der Waals surface area (Å²) in [5.41, 5.74) is 27.0. The zero-order valence-electron chi connectivity index (χ0n) is 37.5. The van der Waals surface area contributed by atoms with Crippen LogP contribution in [0.15, 0.2) is 200 Å². The predicted octanol–water partition coefficient (Wildman–Crippen LogP) is 17.1. The fraction of sp³-hybridized carbons (Fsp3) is 0.143. The van der Waals surface area contributed by atoms with Gasteiger partial charge in [0.05, 0.1) is 0 Å². The zero-order valence-corrected chi connectivity index (χ0v) is 37.5. The number of nitrogens with zero attached hydrogens (tertiary/aromatic N) is 1. The Morgan fingerprint density at radius 1 is 0.266 bits per heavy atom. The largest absolute Gasteiger partial charge is 0.310 e. The minimum atomic E-state index is -0.126. The molecule has 1 nitrogen and oxygen atoms in total. The molecule has 64 heavy (non-hydrogen) atoms. The van der Waals surface area contributed by atoms with Crippen LogP contribution in [0.4, 0.5) is 17.1 Å². The van der Waals surface area contributed by atoms with E-state index in [0.29, 0.717) is 0 Å². The molecule has 0 atom stereocenters. The summed E-state index contributed by atoms with van der Waals surface area (Å²) in [4.78, 5) is 2.46. The Labute approximate surface area is 378 Å². The van der Waals surface area contributed by atoms with E-state index in [1.165, 1.54) is 100 Å². The SMILES string of the molecule is CC1(C)c2ccccc2-c2c(-c3ccc(N(c4cccc(-c5cccc6c5C(C)(C)c5ccccc5-6)c4)c4cccc(-c5cccc6c5C(C)(C)c5ccccc5-6)c4)cc3)cccc21. The Hall–Kier alpha value is -7.22. The molecule has 0 bridgehead atoms. The Morgan fingerprint density at radius 2 is 0.656 bits per heavy atom. The van der Waals surface area contributed by atoms with Gasteiger partial charge in [0.1, 0.15) is 0 Å². The molecule has 0 aromatic heterocycles. The molecule has 3 aliphatic rings. The van der Waals surface area contributed by atoms with Crippen molar-refractivity contribution in [3.05, 3.63) is 234 Å². The third kappa shape index (κ3) is 5.50. The summed E-state index contributed by atoms with van der Waals surface area (Å²) in [6, 6.07) is 75.1. The third-order valence-electron chi connectivity index (χ3n) is 15.0. The highest BCUT2D eigenvalue weighted by atomic mass is 15.1. The van der Waals surface area contributed by atoms with Crippen LogP contribution in [0.25, 0.3) is 66.8 Å². The molecule has 0 saturated heterocycles. The third-order valence-corrected chi connectivity index (χ3v) is 15.0. The summed E-state index contributed by atoms with van der Waals surface area (Å²) in [5, 5.41) is 0.